The minimum atomic E-state index is -3.60. The standard InChI is InChI=1S/C17H19N3O3S/c1-13-14(7-6-10-18-13)17(21)19-15-8-2-3-9-16(15)24(22,23)20-11-4-5-12-20/h2-3,6-10H,4-5,11-12H2,1H3,(H,19,21). The number of anilines is 1. The highest BCUT2D eigenvalue weighted by Gasteiger charge is 2.29. The second-order valence-corrected chi connectivity index (χ2v) is 7.60. The lowest BCUT2D eigenvalue weighted by Gasteiger charge is -2.18. The third-order valence-electron chi connectivity index (χ3n) is 4.07. The fraction of sp³-hybridized carbons (Fsp3) is 0.294. The zero-order chi connectivity index (χ0) is 17.2. The van der Waals surface area contributed by atoms with Crippen LogP contribution >= 0.6 is 0 Å². The smallest absolute Gasteiger partial charge is 0.257 e. The zero-order valence-corrected chi connectivity index (χ0v) is 14.2. The van der Waals surface area contributed by atoms with Crippen molar-refractivity contribution >= 4 is 21.6 Å². The van der Waals surface area contributed by atoms with Gasteiger partial charge in [-0.3, -0.25) is 9.78 Å². The Bertz CT molecular complexity index is 859. The van der Waals surface area contributed by atoms with E-state index in [-0.39, 0.29) is 16.5 Å². The van der Waals surface area contributed by atoms with Crippen LogP contribution in [0.3, 0.4) is 0 Å². The lowest BCUT2D eigenvalue weighted by Crippen LogP contribution is -2.29. The third-order valence-corrected chi connectivity index (χ3v) is 6.03. The molecule has 1 fully saturated rings. The summed E-state index contributed by atoms with van der Waals surface area (Å²) in [4.78, 5) is 16.7. The molecule has 1 aliphatic heterocycles. The average Bonchev–Trinajstić information content (AvgIpc) is 3.11. The summed E-state index contributed by atoms with van der Waals surface area (Å²) in [6.45, 7) is 2.78. The molecule has 2 aromatic rings. The number of nitrogens with one attached hydrogen (secondary N) is 1. The monoisotopic (exact) mass is 345 g/mol. The lowest BCUT2D eigenvalue weighted by molar-refractivity contribution is 0.102. The molecular weight excluding hydrogens is 326 g/mol. The van der Waals surface area contributed by atoms with Crippen LogP contribution in [-0.2, 0) is 10.0 Å². The number of hydrogen-bond donors (Lipinski definition) is 1. The van der Waals surface area contributed by atoms with Crippen molar-refractivity contribution in [2.45, 2.75) is 24.7 Å². The largest absolute Gasteiger partial charge is 0.321 e. The molecule has 126 valence electrons. The molecule has 1 aromatic carbocycles. The Balaban J connectivity index is 1.93. The number of sulfonamides is 1. The zero-order valence-electron chi connectivity index (χ0n) is 13.4. The Morgan fingerprint density at radius 3 is 2.54 bits per heavy atom. The van der Waals surface area contributed by atoms with E-state index in [9.17, 15) is 13.2 Å². The number of nitrogens with zero attached hydrogens (tertiary/aromatic N) is 2. The van der Waals surface area contributed by atoms with E-state index in [1.54, 1.807) is 43.5 Å². The molecule has 0 unspecified atom stereocenters. The number of aromatic nitrogens is 1. The van der Waals surface area contributed by atoms with E-state index in [0.717, 1.165) is 12.8 Å². The number of para-hydroxylation sites is 1. The van der Waals surface area contributed by atoms with Crippen molar-refractivity contribution < 1.29 is 13.2 Å². The van der Waals surface area contributed by atoms with Crippen molar-refractivity contribution in [3.63, 3.8) is 0 Å². The summed E-state index contributed by atoms with van der Waals surface area (Å²) in [6, 6.07) is 9.83. The third kappa shape index (κ3) is 3.18. The Hall–Kier alpha value is -2.25. The molecule has 1 N–H and O–H groups in total. The molecule has 3 rings (SSSR count). The van der Waals surface area contributed by atoms with Crippen LogP contribution < -0.4 is 5.32 Å². The van der Waals surface area contributed by atoms with Crippen LogP contribution in [0.1, 0.15) is 28.9 Å². The number of carbonyl (C=O) groups is 1. The van der Waals surface area contributed by atoms with Crippen LogP contribution in [0.15, 0.2) is 47.5 Å². The van der Waals surface area contributed by atoms with Crippen LogP contribution in [0, 0.1) is 6.92 Å². The van der Waals surface area contributed by atoms with E-state index in [1.807, 2.05) is 0 Å². The van der Waals surface area contributed by atoms with Gasteiger partial charge in [-0.15, -0.1) is 0 Å². The topological polar surface area (TPSA) is 79.4 Å². The highest BCUT2D eigenvalue weighted by atomic mass is 32.2. The van der Waals surface area contributed by atoms with Gasteiger partial charge in [-0.25, -0.2) is 8.42 Å². The quantitative estimate of drug-likeness (QED) is 0.923. The number of rotatable bonds is 4. The maximum Gasteiger partial charge on any atom is 0.257 e. The Labute approximate surface area is 141 Å². The summed E-state index contributed by atoms with van der Waals surface area (Å²) in [5, 5.41) is 2.71. The van der Waals surface area contributed by atoms with Gasteiger partial charge in [0.15, 0.2) is 0 Å². The molecule has 0 radical (unpaired) electrons. The highest BCUT2D eigenvalue weighted by molar-refractivity contribution is 7.89. The average molecular weight is 345 g/mol. The van der Waals surface area contributed by atoms with Gasteiger partial charge in [0.25, 0.3) is 5.91 Å². The summed E-state index contributed by atoms with van der Waals surface area (Å²) in [6.07, 6.45) is 3.34. The normalized spacial score (nSPS) is 15.4. The van der Waals surface area contributed by atoms with Crippen molar-refractivity contribution in [2.24, 2.45) is 0 Å². The van der Waals surface area contributed by atoms with Gasteiger partial charge < -0.3 is 5.32 Å². The number of carbonyl (C=O) groups excluding carboxylic acids is 1. The van der Waals surface area contributed by atoms with Gasteiger partial charge in [0.2, 0.25) is 10.0 Å². The van der Waals surface area contributed by atoms with E-state index >= 15 is 0 Å². The maximum absolute atomic E-state index is 12.8. The van der Waals surface area contributed by atoms with Crippen molar-refractivity contribution in [3.8, 4) is 0 Å². The van der Waals surface area contributed by atoms with Gasteiger partial charge >= 0.3 is 0 Å². The van der Waals surface area contributed by atoms with Crippen molar-refractivity contribution in [1.29, 1.82) is 0 Å². The van der Waals surface area contributed by atoms with Crippen molar-refractivity contribution in [2.75, 3.05) is 18.4 Å². The van der Waals surface area contributed by atoms with E-state index in [1.165, 1.54) is 10.4 Å². The number of aryl methyl sites for hydroxylation is 1. The molecule has 7 heteroatoms. The van der Waals surface area contributed by atoms with Gasteiger partial charge in [-0.1, -0.05) is 12.1 Å². The minimum absolute atomic E-state index is 0.127. The van der Waals surface area contributed by atoms with E-state index in [4.69, 9.17) is 0 Å². The number of amides is 1. The predicted molar refractivity (Wildman–Crippen MR) is 91.4 cm³/mol. The number of hydrogen-bond acceptors (Lipinski definition) is 4. The molecule has 1 aromatic heterocycles. The molecule has 1 aliphatic rings. The molecule has 0 saturated carbocycles. The Kier molecular flexibility index (Phi) is 4.64. The second kappa shape index (κ2) is 6.70. The molecule has 2 heterocycles. The van der Waals surface area contributed by atoms with Gasteiger partial charge in [-0.2, -0.15) is 4.31 Å². The van der Waals surface area contributed by atoms with Crippen LogP contribution in [-0.4, -0.2) is 36.7 Å². The highest BCUT2D eigenvalue weighted by Crippen LogP contribution is 2.27. The van der Waals surface area contributed by atoms with Gasteiger partial charge in [0.1, 0.15) is 4.90 Å². The van der Waals surface area contributed by atoms with Gasteiger partial charge in [0, 0.05) is 25.0 Å². The van der Waals surface area contributed by atoms with E-state index < -0.39 is 10.0 Å². The minimum Gasteiger partial charge on any atom is -0.321 e. The number of benzene rings is 1. The summed E-state index contributed by atoms with van der Waals surface area (Å²) in [5.41, 5.74) is 1.30. The van der Waals surface area contributed by atoms with Crippen molar-refractivity contribution in [3.05, 3.63) is 53.9 Å². The first-order chi connectivity index (χ1) is 11.5. The van der Waals surface area contributed by atoms with Gasteiger partial charge in [-0.05, 0) is 44.0 Å². The molecule has 0 atom stereocenters. The second-order valence-electron chi connectivity index (χ2n) is 5.70. The first-order valence-electron chi connectivity index (χ1n) is 7.82. The molecule has 24 heavy (non-hydrogen) atoms. The van der Waals surface area contributed by atoms with Crippen LogP contribution in [0.25, 0.3) is 0 Å². The summed E-state index contributed by atoms with van der Waals surface area (Å²) in [5.74, 6) is -0.371. The molecular formula is C17H19N3O3S. The van der Waals surface area contributed by atoms with Crippen LogP contribution in [0.2, 0.25) is 0 Å². The Morgan fingerprint density at radius 2 is 1.83 bits per heavy atom. The molecule has 1 amide bonds. The number of pyridine rings is 1. The Morgan fingerprint density at radius 1 is 1.12 bits per heavy atom. The predicted octanol–water partition coefficient (Wildman–Crippen LogP) is 2.43. The summed E-state index contributed by atoms with van der Waals surface area (Å²) in [7, 11) is -3.60. The van der Waals surface area contributed by atoms with E-state index in [0.29, 0.717) is 24.3 Å². The summed E-state index contributed by atoms with van der Waals surface area (Å²) < 4.78 is 27.1. The first-order valence-corrected chi connectivity index (χ1v) is 9.26. The van der Waals surface area contributed by atoms with Gasteiger partial charge in [0.05, 0.1) is 11.3 Å². The molecule has 0 bridgehead atoms. The first kappa shape index (κ1) is 16.6. The fourth-order valence-electron chi connectivity index (χ4n) is 2.78. The molecule has 0 spiro atoms. The summed E-state index contributed by atoms with van der Waals surface area (Å²) >= 11 is 0. The van der Waals surface area contributed by atoms with Crippen LogP contribution in [0.4, 0.5) is 5.69 Å². The SMILES string of the molecule is Cc1ncccc1C(=O)Nc1ccccc1S(=O)(=O)N1CCCC1. The molecule has 1 saturated heterocycles. The van der Waals surface area contributed by atoms with Crippen molar-refractivity contribution in [1.82, 2.24) is 9.29 Å². The van der Waals surface area contributed by atoms with E-state index in [2.05, 4.69) is 10.3 Å². The lowest BCUT2D eigenvalue weighted by atomic mass is 10.2. The fourth-order valence-corrected chi connectivity index (χ4v) is 4.44. The maximum atomic E-state index is 12.8. The molecule has 0 aliphatic carbocycles. The molecule has 6 nitrogen and oxygen atoms in total. The van der Waals surface area contributed by atoms with Crippen LogP contribution in [0.5, 0.6) is 0 Å².